The molecule has 27 heavy (non-hydrogen) atoms. The molecule has 0 spiro atoms. The molecule has 6 nitrogen and oxygen atoms in total. The van der Waals surface area contributed by atoms with E-state index in [0.29, 0.717) is 21.7 Å². The highest BCUT2D eigenvalue weighted by molar-refractivity contribution is 9.10. The predicted molar refractivity (Wildman–Crippen MR) is 109 cm³/mol. The lowest BCUT2D eigenvalue weighted by atomic mass is 10.1. The first kappa shape index (κ1) is 20.0. The Hall–Kier alpha value is -1.77. The van der Waals surface area contributed by atoms with Crippen molar-refractivity contribution >= 4 is 31.5 Å². The van der Waals surface area contributed by atoms with E-state index in [-0.39, 0.29) is 15.8 Å². The number of rotatable bonds is 6. The average molecular weight is 455 g/mol. The van der Waals surface area contributed by atoms with Crippen molar-refractivity contribution in [3.05, 3.63) is 40.9 Å². The number of hydrogen-bond donors (Lipinski definition) is 2. The van der Waals surface area contributed by atoms with Crippen molar-refractivity contribution in [3.63, 3.8) is 0 Å². The fraction of sp³-hybridized carbons (Fsp3) is 0.368. The van der Waals surface area contributed by atoms with Crippen LogP contribution in [0.15, 0.2) is 50.7 Å². The van der Waals surface area contributed by atoms with Crippen LogP contribution in [0.2, 0.25) is 0 Å². The Morgan fingerprint density at radius 1 is 1.04 bits per heavy atom. The van der Waals surface area contributed by atoms with Gasteiger partial charge in [-0.1, -0.05) is 15.9 Å². The third-order valence-corrected chi connectivity index (χ3v) is 6.86. The molecule has 2 aromatic rings. The lowest BCUT2D eigenvalue weighted by Gasteiger charge is -2.25. The minimum atomic E-state index is -3.76. The second-order valence-corrected chi connectivity index (χ2v) is 9.16. The molecule has 3 rings (SSSR count). The molecule has 2 N–H and O–H groups in total. The second-order valence-electron chi connectivity index (χ2n) is 6.33. The van der Waals surface area contributed by atoms with E-state index in [1.807, 2.05) is 0 Å². The van der Waals surface area contributed by atoms with Crippen molar-refractivity contribution in [2.24, 2.45) is 0 Å². The molecular weight excluding hydrogens is 432 g/mol. The molecule has 0 unspecified atom stereocenters. The van der Waals surface area contributed by atoms with Crippen molar-refractivity contribution in [1.29, 1.82) is 0 Å². The third-order valence-electron chi connectivity index (χ3n) is 4.60. The largest absolute Gasteiger partial charge is 0.495 e. The molecule has 1 fully saturated rings. The molecule has 0 aromatic heterocycles. The van der Waals surface area contributed by atoms with Crippen LogP contribution in [0.4, 0.5) is 5.69 Å². The molecule has 2 aromatic carbocycles. The summed E-state index contributed by atoms with van der Waals surface area (Å²) in [5.74, 6) is 0.926. The van der Waals surface area contributed by atoms with Gasteiger partial charge in [0.05, 0.1) is 24.8 Å². The first-order valence-electron chi connectivity index (χ1n) is 8.69. The van der Waals surface area contributed by atoms with Gasteiger partial charge >= 0.3 is 0 Å². The molecule has 0 atom stereocenters. The SMILES string of the molecule is COc1ccc(S(=O)(=O)c2cc(Br)ccc2OC)cc1NC1CCNCC1. The molecule has 146 valence electrons. The Morgan fingerprint density at radius 3 is 2.37 bits per heavy atom. The van der Waals surface area contributed by atoms with Gasteiger partial charge in [-0.25, -0.2) is 8.42 Å². The van der Waals surface area contributed by atoms with Crippen LogP contribution < -0.4 is 20.1 Å². The van der Waals surface area contributed by atoms with Gasteiger partial charge in [-0.3, -0.25) is 0 Å². The van der Waals surface area contributed by atoms with Crippen LogP contribution in [0.1, 0.15) is 12.8 Å². The van der Waals surface area contributed by atoms with E-state index in [2.05, 4.69) is 26.6 Å². The molecule has 1 aliphatic heterocycles. The fourth-order valence-corrected chi connectivity index (χ4v) is 5.13. The zero-order valence-corrected chi connectivity index (χ0v) is 17.7. The van der Waals surface area contributed by atoms with Crippen LogP contribution in [0, 0.1) is 0 Å². The highest BCUT2D eigenvalue weighted by atomic mass is 79.9. The van der Waals surface area contributed by atoms with Crippen LogP contribution in [0.25, 0.3) is 0 Å². The van der Waals surface area contributed by atoms with Gasteiger partial charge in [-0.15, -0.1) is 0 Å². The van der Waals surface area contributed by atoms with Crippen molar-refractivity contribution < 1.29 is 17.9 Å². The summed E-state index contributed by atoms with van der Waals surface area (Å²) in [5.41, 5.74) is 0.680. The summed E-state index contributed by atoms with van der Waals surface area (Å²) in [5, 5.41) is 6.75. The van der Waals surface area contributed by atoms with E-state index >= 15 is 0 Å². The topological polar surface area (TPSA) is 76.7 Å². The van der Waals surface area contributed by atoms with Crippen molar-refractivity contribution in [2.75, 3.05) is 32.6 Å². The number of piperidine rings is 1. The minimum Gasteiger partial charge on any atom is -0.495 e. The number of halogens is 1. The van der Waals surface area contributed by atoms with Gasteiger partial charge in [-0.2, -0.15) is 0 Å². The number of benzene rings is 2. The number of methoxy groups -OCH3 is 2. The maximum Gasteiger partial charge on any atom is 0.210 e. The van der Waals surface area contributed by atoms with Crippen LogP contribution in [-0.2, 0) is 9.84 Å². The molecule has 1 heterocycles. The van der Waals surface area contributed by atoms with Gasteiger partial charge in [0.25, 0.3) is 0 Å². The van der Waals surface area contributed by atoms with E-state index in [9.17, 15) is 8.42 Å². The highest BCUT2D eigenvalue weighted by Gasteiger charge is 2.24. The smallest absolute Gasteiger partial charge is 0.210 e. The zero-order chi connectivity index (χ0) is 19.4. The number of ether oxygens (including phenoxy) is 2. The van der Waals surface area contributed by atoms with Gasteiger partial charge < -0.3 is 20.1 Å². The maximum atomic E-state index is 13.2. The van der Waals surface area contributed by atoms with Gasteiger partial charge in [-0.05, 0) is 62.3 Å². The lowest BCUT2D eigenvalue weighted by Crippen LogP contribution is -2.35. The molecule has 1 aliphatic rings. The summed E-state index contributed by atoms with van der Waals surface area (Å²) < 4.78 is 37.8. The second kappa shape index (κ2) is 8.50. The first-order chi connectivity index (χ1) is 13.0. The number of nitrogens with one attached hydrogen (secondary N) is 2. The van der Waals surface area contributed by atoms with E-state index in [4.69, 9.17) is 9.47 Å². The Labute approximate surface area is 168 Å². The first-order valence-corrected chi connectivity index (χ1v) is 11.0. The Kier molecular flexibility index (Phi) is 6.29. The summed E-state index contributed by atoms with van der Waals surface area (Å²) in [7, 11) is -0.719. The standard InChI is InChI=1S/C19H23BrN2O4S/c1-25-17-6-4-15(12-16(17)22-14-7-9-21-10-8-14)27(23,24)19-11-13(20)3-5-18(19)26-2/h3-6,11-12,14,21-22H,7-10H2,1-2H3. The summed E-state index contributed by atoms with van der Waals surface area (Å²) in [6, 6.07) is 10.1. The Morgan fingerprint density at radius 2 is 1.70 bits per heavy atom. The predicted octanol–water partition coefficient (Wildman–Crippen LogP) is 3.46. The number of hydrogen-bond acceptors (Lipinski definition) is 6. The molecular formula is C19H23BrN2O4S. The Bertz CT molecular complexity index is 912. The number of sulfone groups is 1. The molecule has 0 amide bonds. The van der Waals surface area contributed by atoms with Crippen molar-refractivity contribution in [2.45, 2.75) is 28.7 Å². The van der Waals surface area contributed by atoms with E-state index in [0.717, 1.165) is 25.9 Å². The number of anilines is 1. The molecule has 0 radical (unpaired) electrons. The minimum absolute atomic E-state index is 0.123. The maximum absolute atomic E-state index is 13.2. The zero-order valence-electron chi connectivity index (χ0n) is 15.3. The Balaban J connectivity index is 2.01. The molecule has 8 heteroatoms. The molecule has 1 saturated heterocycles. The summed E-state index contributed by atoms with van der Waals surface area (Å²) in [4.78, 5) is 0.313. The normalized spacial score (nSPS) is 15.4. The van der Waals surface area contributed by atoms with Crippen LogP contribution in [0.5, 0.6) is 11.5 Å². The van der Waals surface area contributed by atoms with Gasteiger partial charge in [0.2, 0.25) is 9.84 Å². The van der Waals surface area contributed by atoms with Crippen LogP contribution >= 0.6 is 15.9 Å². The van der Waals surface area contributed by atoms with Crippen molar-refractivity contribution in [1.82, 2.24) is 5.32 Å². The molecule has 0 aliphatic carbocycles. The molecule has 0 saturated carbocycles. The van der Waals surface area contributed by atoms with E-state index in [1.54, 1.807) is 43.5 Å². The van der Waals surface area contributed by atoms with Gasteiger partial charge in [0, 0.05) is 10.5 Å². The monoisotopic (exact) mass is 454 g/mol. The van der Waals surface area contributed by atoms with Crippen LogP contribution in [0.3, 0.4) is 0 Å². The molecule has 0 bridgehead atoms. The summed E-state index contributed by atoms with van der Waals surface area (Å²) in [6.45, 7) is 1.88. The summed E-state index contributed by atoms with van der Waals surface area (Å²) >= 11 is 3.34. The fourth-order valence-electron chi connectivity index (χ4n) is 3.14. The van der Waals surface area contributed by atoms with Crippen LogP contribution in [-0.4, -0.2) is 41.8 Å². The van der Waals surface area contributed by atoms with Gasteiger partial charge in [0.15, 0.2) is 0 Å². The lowest BCUT2D eigenvalue weighted by molar-refractivity contribution is 0.402. The quantitative estimate of drug-likeness (QED) is 0.695. The highest BCUT2D eigenvalue weighted by Crippen LogP contribution is 2.35. The third kappa shape index (κ3) is 4.39. The van der Waals surface area contributed by atoms with Crippen molar-refractivity contribution in [3.8, 4) is 11.5 Å². The summed E-state index contributed by atoms with van der Waals surface area (Å²) in [6.07, 6.45) is 1.94. The van der Waals surface area contributed by atoms with Gasteiger partial charge in [0.1, 0.15) is 16.4 Å². The van der Waals surface area contributed by atoms with E-state index < -0.39 is 9.84 Å². The average Bonchev–Trinajstić information content (AvgIpc) is 2.68. The van der Waals surface area contributed by atoms with E-state index in [1.165, 1.54) is 7.11 Å².